The monoisotopic (exact) mass is 399 g/mol. The summed E-state index contributed by atoms with van der Waals surface area (Å²) in [5.41, 5.74) is 1.92. The van der Waals surface area contributed by atoms with Gasteiger partial charge in [-0.1, -0.05) is 54.9 Å². The number of hydrogen-bond acceptors (Lipinski definition) is 6. The second-order valence-electron chi connectivity index (χ2n) is 6.62. The molecule has 0 radical (unpaired) electrons. The van der Waals surface area contributed by atoms with Crippen molar-refractivity contribution in [2.75, 3.05) is 11.1 Å². The van der Waals surface area contributed by atoms with Crippen LogP contribution >= 0.6 is 23.1 Å². The minimum absolute atomic E-state index is 0.0839. The maximum Gasteiger partial charge on any atom is 0.236 e. The molecule has 8 heteroatoms. The van der Waals surface area contributed by atoms with E-state index in [-0.39, 0.29) is 11.7 Å². The predicted octanol–water partition coefficient (Wildman–Crippen LogP) is 4.33. The summed E-state index contributed by atoms with van der Waals surface area (Å²) < 4.78 is 2.03. The molecule has 0 saturated heterocycles. The van der Waals surface area contributed by atoms with Crippen molar-refractivity contribution in [1.82, 2.24) is 19.7 Å². The molecule has 3 aromatic rings. The van der Waals surface area contributed by atoms with E-state index in [1.54, 1.807) is 0 Å². The fourth-order valence-corrected chi connectivity index (χ4v) is 4.80. The molecule has 2 heterocycles. The summed E-state index contributed by atoms with van der Waals surface area (Å²) in [5, 5.41) is 14.8. The zero-order valence-electron chi connectivity index (χ0n) is 15.1. The minimum atomic E-state index is -0.0839. The van der Waals surface area contributed by atoms with Gasteiger partial charge in [-0.05, 0) is 12.8 Å². The molecule has 2 aromatic heterocycles. The van der Waals surface area contributed by atoms with Gasteiger partial charge in [0.1, 0.15) is 5.82 Å². The van der Waals surface area contributed by atoms with E-state index < -0.39 is 0 Å². The number of benzene rings is 1. The van der Waals surface area contributed by atoms with Crippen LogP contribution in [-0.2, 0) is 11.8 Å². The molecule has 27 heavy (non-hydrogen) atoms. The SMILES string of the molecule is Cn1c(SCC(=O)Nc2nc(-c3ccccc3)cs2)nnc1C1CCCC1. The number of thioether (sulfide) groups is 1. The van der Waals surface area contributed by atoms with Crippen molar-refractivity contribution in [3.8, 4) is 11.3 Å². The first-order valence-corrected chi connectivity index (χ1v) is 10.9. The lowest BCUT2D eigenvalue weighted by atomic mass is 10.1. The molecular formula is C19H21N5OS2. The molecule has 0 unspecified atom stereocenters. The summed E-state index contributed by atoms with van der Waals surface area (Å²) in [5.74, 6) is 1.76. The third-order valence-corrected chi connectivity index (χ3v) is 6.52. The largest absolute Gasteiger partial charge is 0.309 e. The molecule has 0 bridgehead atoms. The first kappa shape index (κ1) is 18.2. The highest BCUT2D eigenvalue weighted by Crippen LogP contribution is 2.34. The standard InChI is InChI=1S/C19H21N5OS2/c1-24-17(14-9-5-6-10-14)22-23-19(24)27-12-16(25)21-18-20-15(11-26-18)13-7-3-2-4-8-13/h2-4,7-8,11,14H,5-6,9-10,12H2,1H3,(H,20,21,25). The van der Waals surface area contributed by atoms with E-state index >= 15 is 0 Å². The molecule has 4 rings (SSSR count). The molecule has 1 N–H and O–H groups in total. The number of rotatable bonds is 6. The number of nitrogens with one attached hydrogen (secondary N) is 1. The molecule has 6 nitrogen and oxygen atoms in total. The van der Waals surface area contributed by atoms with Crippen LogP contribution < -0.4 is 5.32 Å². The average molecular weight is 400 g/mol. The van der Waals surface area contributed by atoms with Gasteiger partial charge < -0.3 is 9.88 Å². The molecule has 1 fully saturated rings. The van der Waals surface area contributed by atoms with Crippen LogP contribution in [0.4, 0.5) is 5.13 Å². The summed E-state index contributed by atoms with van der Waals surface area (Å²) in [6.07, 6.45) is 4.90. The van der Waals surface area contributed by atoms with Crippen LogP contribution in [-0.4, -0.2) is 31.4 Å². The summed E-state index contributed by atoms with van der Waals surface area (Å²) in [6, 6.07) is 9.94. The summed E-state index contributed by atoms with van der Waals surface area (Å²) in [6.45, 7) is 0. The maximum atomic E-state index is 12.3. The Bertz CT molecular complexity index is 915. The first-order valence-electron chi connectivity index (χ1n) is 9.03. The van der Waals surface area contributed by atoms with Crippen LogP contribution in [0, 0.1) is 0 Å². The lowest BCUT2D eigenvalue weighted by Gasteiger charge is -2.08. The van der Waals surface area contributed by atoms with Crippen LogP contribution in [0.1, 0.15) is 37.4 Å². The van der Waals surface area contributed by atoms with E-state index in [1.165, 1.54) is 48.8 Å². The number of amides is 1. The van der Waals surface area contributed by atoms with Gasteiger partial charge >= 0.3 is 0 Å². The zero-order valence-corrected chi connectivity index (χ0v) is 16.7. The highest BCUT2D eigenvalue weighted by molar-refractivity contribution is 7.99. The van der Waals surface area contributed by atoms with Crippen molar-refractivity contribution in [1.29, 1.82) is 0 Å². The van der Waals surface area contributed by atoms with Gasteiger partial charge in [-0.15, -0.1) is 21.5 Å². The second-order valence-corrected chi connectivity index (χ2v) is 8.42. The number of carbonyl (C=O) groups is 1. The fraction of sp³-hybridized carbons (Fsp3) is 0.368. The number of anilines is 1. The lowest BCUT2D eigenvalue weighted by Crippen LogP contribution is -2.14. The summed E-state index contributed by atoms with van der Waals surface area (Å²) >= 11 is 2.84. The third kappa shape index (κ3) is 4.22. The van der Waals surface area contributed by atoms with Gasteiger partial charge in [-0.3, -0.25) is 4.79 Å². The Morgan fingerprint density at radius 1 is 1.26 bits per heavy atom. The Morgan fingerprint density at radius 2 is 2.04 bits per heavy atom. The quantitative estimate of drug-likeness (QED) is 0.625. The third-order valence-electron chi connectivity index (χ3n) is 4.74. The molecule has 1 aliphatic carbocycles. The van der Waals surface area contributed by atoms with Gasteiger partial charge in [0.05, 0.1) is 11.4 Å². The number of thiazole rings is 1. The van der Waals surface area contributed by atoms with Crippen molar-refractivity contribution < 1.29 is 4.79 Å². The Kier molecular flexibility index (Phi) is 5.54. The normalized spacial score (nSPS) is 14.6. The van der Waals surface area contributed by atoms with E-state index in [4.69, 9.17) is 0 Å². The van der Waals surface area contributed by atoms with Crippen molar-refractivity contribution in [3.63, 3.8) is 0 Å². The van der Waals surface area contributed by atoms with Gasteiger partial charge in [0.25, 0.3) is 0 Å². The molecule has 1 amide bonds. The van der Waals surface area contributed by atoms with E-state index in [1.807, 2.05) is 47.3 Å². The molecule has 1 aliphatic rings. The summed E-state index contributed by atoms with van der Waals surface area (Å²) in [7, 11) is 1.99. The Hall–Kier alpha value is -2.19. The summed E-state index contributed by atoms with van der Waals surface area (Å²) in [4.78, 5) is 16.8. The van der Waals surface area contributed by atoms with Gasteiger partial charge in [0.2, 0.25) is 5.91 Å². The van der Waals surface area contributed by atoms with E-state index in [0.29, 0.717) is 11.0 Å². The fourth-order valence-electron chi connectivity index (χ4n) is 3.35. The van der Waals surface area contributed by atoms with Crippen LogP contribution in [0.15, 0.2) is 40.9 Å². The number of carbonyl (C=O) groups excluding carboxylic acids is 1. The van der Waals surface area contributed by atoms with E-state index in [9.17, 15) is 4.79 Å². The van der Waals surface area contributed by atoms with Gasteiger partial charge in [0.15, 0.2) is 10.3 Å². The first-order chi connectivity index (χ1) is 13.2. The van der Waals surface area contributed by atoms with Crippen molar-refractivity contribution in [2.45, 2.75) is 36.8 Å². The molecule has 0 aliphatic heterocycles. The Morgan fingerprint density at radius 3 is 2.81 bits per heavy atom. The van der Waals surface area contributed by atoms with E-state index in [2.05, 4.69) is 20.5 Å². The van der Waals surface area contributed by atoms with Gasteiger partial charge in [-0.2, -0.15) is 0 Å². The lowest BCUT2D eigenvalue weighted by molar-refractivity contribution is -0.113. The highest BCUT2D eigenvalue weighted by Gasteiger charge is 2.23. The molecule has 1 aromatic carbocycles. The number of aromatic nitrogens is 4. The van der Waals surface area contributed by atoms with Crippen molar-refractivity contribution in [2.24, 2.45) is 7.05 Å². The smallest absolute Gasteiger partial charge is 0.236 e. The average Bonchev–Trinajstić information content (AvgIpc) is 3.42. The van der Waals surface area contributed by atoms with Gasteiger partial charge in [0, 0.05) is 23.9 Å². The topological polar surface area (TPSA) is 72.7 Å². The maximum absolute atomic E-state index is 12.3. The minimum Gasteiger partial charge on any atom is -0.309 e. The van der Waals surface area contributed by atoms with Crippen LogP contribution in [0.2, 0.25) is 0 Å². The molecule has 0 spiro atoms. The molecule has 0 atom stereocenters. The van der Waals surface area contributed by atoms with Crippen LogP contribution in [0.25, 0.3) is 11.3 Å². The zero-order chi connectivity index (χ0) is 18.6. The Labute approximate surface area is 166 Å². The number of nitrogens with zero attached hydrogens (tertiary/aromatic N) is 4. The van der Waals surface area contributed by atoms with Crippen LogP contribution in [0.3, 0.4) is 0 Å². The second kappa shape index (κ2) is 8.22. The number of hydrogen-bond donors (Lipinski definition) is 1. The van der Waals surface area contributed by atoms with E-state index in [0.717, 1.165) is 22.2 Å². The van der Waals surface area contributed by atoms with Crippen LogP contribution in [0.5, 0.6) is 0 Å². The Balaban J connectivity index is 1.33. The molecule has 140 valence electrons. The molecule has 1 saturated carbocycles. The predicted molar refractivity (Wildman–Crippen MR) is 109 cm³/mol. The van der Waals surface area contributed by atoms with Gasteiger partial charge in [-0.25, -0.2) is 4.98 Å². The van der Waals surface area contributed by atoms with Crippen molar-refractivity contribution in [3.05, 3.63) is 41.5 Å². The van der Waals surface area contributed by atoms with Crippen molar-refractivity contribution >= 4 is 34.1 Å². The molecular weight excluding hydrogens is 378 g/mol. The highest BCUT2D eigenvalue weighted by atomic mass is 32.2.